The number of quaternary nitrogens is 1. The van der Waals surface area contributed by atoms with Gasteiger partial charge in [0.05, 0.1) is 27.7 Å². The van der Waals surface area contributed by atoms with E-state index in [9.17, 15) is 75.4 Å². The molecule has 0 heterocycles. The van der Waals surface area contributed by atoms with Crippen molar-refractivity contribution >= 4 is 16.0 Å². The molecule has 0 unspecified atom stereocenters. The molecule has 0 aliphatic rings. The lowest BCUT2D eigenvalue weighted by Gasteiger charge is -2.40. The number of carbonyl (C=O) groups excluding carboxylic acids is 1. The minimum atomic E-state index is -8.29. The van der Waals surface area contributed by atoms with Crippen molar-refractivity contribution in [3.63, 3.8) is 0 Å². The molecular formula is C15H19F13N2O4S. The van der Waals surface area contributed by atoms with Crippen molar-refractivity contribution in [3.8, 4) is 0 Å². The van der Waals surface area contributed by atoms with Crippen molar-refractivity contribution in [2.24, 2.45) is 0 Å². The van der Waals surface area contributed by atoms with Crippen LogP contribution in [0.3, 0.4) is 0 Å². The Morgan fingerprint density at radius 3 is 1.49 bits per heavy atom. The minimum absolute atomic E-state index is 0.0300. The summed E-state index contributed by atoms with van der Waals surface area (Å²) in [5.41, 5.74) is 0. The van der Waals surface area contributed by atoms with Gasteiger partial charge in [-0.3, -0.25) is 0 Å². The normalized spacial score (nSPS) is 15.6. The molecule has 0 aliphatic carbocycles. The molecule has 0 aromatic carbocycles. The summed E-state index contributed by atoms with van der Waals surface area (Å²) < 4.78 is 196. The number of hydrogen-bond acceptors (Lipinski definition) is 4. The van der Waals surface area contributed by atoms with E-state index in [1.165, 1.54) is 21.1 Å². The monoisotopic (exact) mass is 570 g/mol. The van der Waals surface area contributed by atoms with Gasteiger partial charge in [0.25, 0.3) is 10.0 Å². The van der Waals surface area contributed by atoms with Crippen molar-refractivity contribution < 1.29 is 79.9 Å². The van der Waals surface area contributed by atoms with Crippen LogP contribution in [0.1, 0.15) is 12.8 Å². The number of sulfonamides is 1. The number of carboxylic acids is 1. The predicted octanol–water partition coefficient (Wildman–Crippen LogP) is 2.55. The van der Waals surface area contributed by atoms with Crippen LogP contribution in [0.15, 0.2) is 0 Å². The summed E-state index contributed by atoms with van der Waals surface area (Å²) in [6, 6.07) is 0. The van der Waals surface area contributed by atoms with Crippen LogP contribution in [0.2, 0.25) is 0 Å². The molecule has 0 amide bonds. The highest BCUT2D eigenvalue weighted by Gasteiger charge is 2.92. The van der Waals surface area contributed by atoms with Crippen molar-refractivity contribution in [2.45, 2.75) is 48.0 Å². The molecule has 0 N–H and O–H groups in total. The molecule has 0 fully saturated rings. The van der Waals surface area contributed by atoms with E-state index < -0.39 is 81.3 Å². The quantitative estimate of drug-likeness (QED) is 0.252. The topological polar surface area (TPSA) is 77.5 Å². The molecule has 0 saturated heterocycles. The third-order valence-electron chi connectivity index (χ3n) is 4.37. The smallest absolute Gasteiger partial charge is 0.460 e. The molecule has 0 radical (unpaired) electrons. The Morgan fingerprint density at radius 2 is 1.14 bits per heavy atom. The van der Waals surface area contributed by atoms with Gasteiger partial charge in [-0.25, -0.2) is 8.42 Å². The zero-order chi connectivity index (χ0) is 28.7. The third kappa shape index (κ3) is 6.05. The molecule has 35 heavy (non-hydrogen) atoms. The molecular weight excluding hydrogens is 551 g/mol. The molecule has 20 heteroatoms. The average molecular weight is 570 g/mol. The van der Waals surface area contributed by atoms with Crippen LogP contribution in [-0.4, -0.2) is 99.1 Å². The van der Waals surface area contributed by atoms with E-state index in [0.29, 0.717) is 0 Å². The van der Waals surface area contributed by atoms with E-state index in [4.69, 9.17) is 0 Å². The second kappa shape index (κ2) is 9.71. The Morgan fingerprint density at radius 1 is 0.743 bits per heavy atom. The van der Waals surface area contributed by atoms with E-state index in [-0.39, 0.29) is 11.0 Å². The zero-order valence-electron chi connectivity index (χ0n) is 17.9. The summed E-state index contributed by atoms with van der Waals surface area (Å²) in [7, 11) is -2.93. The van der Waals surface area contributed by atoms with Crippen LogP contribution in [-0.2, 0) is 14.8 Å². The van der Waals surface area contributed by atoms with Gasteiger partial charge in [-0.1, -0.05) is 0 Å². The second-order valence-electron chi connectivity index (χ2n) is 8.21. The Kier molecular flexibility index (Phi) is 9.28. The molecule has 0 aromatic rings. The van der Waals surface area contributed by atoms with Crippen LogP contribution in [0.25, 0.3) is 0 Å². The molecule has 0 bridgehead atoms. The standard InChI is InChI=1S/C15H19F13N2O4S/c1-30(2,3)8-4-6-29(7-5-9(31)32)35(33,34)15(27,28)13(22,23)11(18,19)10(16,17)12(20,21)14(24,25)26/h4-8H2,1-3H3. The number of carbonyl (C=O) groups is 1. The van der Waals surface area contributed by atoms with E-state index in [0.717, 1.165) is 0 Å². The molecule has 0 aliphatic heterocycles. The highest BCUT2D eigenvalue weighted by molar-refractivity contribution is 7.90. The van der Waals surface area contributed by atoms with Gasteiger partial charge in [0.1, 0.15) is 0 Å². The first-order valence-electron chi connectivity index (χ1n) is 8.98. The van der Waals surface area contributed by atoms with E-state index >= 15 is 0 Å². The summed E-state index contributed by atoms with van der Waals surface area (Å²) >= 11 is 0. The van der Waals surface area contributed by atoms with Gasteiger partial charge in [-0.2, -0.15) is 61.4 Å². The van der Waals surface area contributed by atoms with Crippen LogP contribution < -0.4 is 5.11 Å². The second-order valence-corrected chi connectivity index (χ2v) is 10.2. The van der Waals surface area contributed by atoms with Crippen molar-refractivity contribution in [2.75, 3.05) is 40.8 Å². The first kappa shape index (κ1) is 33.4. The van der Waals surface area contributed by atoms with Crippen LogP contribution in [0.5, 0.6) is 0 Å². The van der Waals surface area contributed by atoms with Crippen LogP contribution in [0, 0.1) is 0 Å². The largest absolute Gasteiger partial charge is 0.550 e. The van der Waals surface area contributed by atoms with Crippen molar-refractivity contribution in [3.05, 3.63) is 0 Å². The fourth-order valence-corrected chi connectivity index (χ4v) is 3.85. The summed E-state index contributed by atoms with van der Waals surface area (Å²) in [5.74, 6) is -34.8. The van der Waals surface area contributed by atoms with Gasteiger partial charge in [-0.15, -0.1) is 0 Å². The molecule has 0 atom stereocenters. The van der Waals surface area contributed by atoms with Crippen molar-refractivity contribution in [1.82, 2.24) is 4.31 Å². The molecule has 0 saturated carbocycles. The number of carboxylic acid groups (broad SMARTS) is 1. The van der Waals surface area contributed by atoms with Gasteiger partial charge in [0, 0.05) is 31.9 Å². The Labute approximate surface area is 189 Å². The third-order valence-corrected chi connectivity index (χ3v) is 6.32. The first-order chi connectivity index (χ1) is 15.0. The minimum Gasteiger partial charge on any atom is -0.550 e. The molecule has 0 spiro atoms. The summed E-state index contributed by atoms with van der Waals surface area (Å²) in [5, 5.41) is 3.11. The lowest BCUT2D eigenvalue weighted by molar-refractivity contribution is -0.870. The van der Waals surface area contributed by atoms with E-state index in [1.54, 1.807) is 0 Å². The fourth-order valence-electron chi connectivity index (χ4n) is 2.37. The average Bonchev–Trinajstić information content (AvgIpc) is 2.61. The van der Waals surface area contributed by atoms with Gasteiger partial charge < -0.3 is 14.4 Å². The van der Waals surface area contributed by atoms with E-state index in [1.807, 2.05) is 0 Å². The Bertz CT molecular complexity index is 867. The fraction of sp³-hybridized carbons (Fsp3) is 0.933. The van der Waals surface area contributed by atoms with E-state index in [2.05, 4.69) is 0 Å². The molecule has 210 valence electrons. The molecule has 0 aromatic heterocycles. The summed E-state index contributed by atoms with van der Waals surface area (Å²) in [6.45, 7) is -3.06. The van der Waals surface area contributed by atoms with Gasteiger partial charge in [-0.05, 0) is 0 Å². The highest BCUT2D eigenvalue weighted by Crippen LogP contribution is 2.61. The number of alkyl halides is 13. The summed E-state index contributed by atoms with van der Waals surface area (Å²) in [4.78, 5) is 10.5. The van der Waals surface area contributed by atoms with Gasteiger partial charge in [0.2, 0.25) is 0 Å². The van der Waals surface area contributed by atoms with Gasteiger partial charge in [0.15, 0.2) is 0 Å². The maximum atomic E-state index is 14.2. The molecule has 0 rings (SSSR count). The first-order valence-corrected chi connectivity index (χ1v) is 10.4. The maximum absolute atomic E-state index is 14.2. The summed E-state index contributed by atoms with van der Waals surface area (Å²) in [6.07, 6.45) is -9.67. The molecule has 6 nitrogen and oxygen atoms in total. The zero-order valence-corrected chi connectivity index (χ0v) is 18.7. The Hall–Kier alpha value is -1.57. The Balaban J connectivity index is 6.61. The number of nitrogens with zero attached hydrogens (tertiary/aromatic N) is 2. The lowest BCUT2D eigenvalue weighted by atomic mass is 9.98. The number of rotatable bonds is 13. The number of hydrogen-bond donors (Lipinski definition) is 0. The SMILES string of the molecule is C[N+](C)(C)CCCN(CCC(=O)[O-])S(=O)(=O)C(F)(F)C(F)(F)C(F)(F)C(F)(F)C(F)(F)C(F)(F)F. The van der Waals surface area contributed by atoms with Crippen LogP contribution >= 0.6 is 0 Å². The number of aliphatic carboxylic acids is 1. The van der Waals surface area contributed by atoms with Crippen LogP contribution in [0.4, 0.5) is 57.1 Å². The predicted molar refractivity (Wildman–Crippen MR) is 88.4 cm³/mol. The van der Waals surface area contributed by atoms with Gasteiger partial charge >= 0.3 is 35.1 Å². The lowest BCUT2D eigenvalue weighted by Crippen LogP contribution is -2.72. The van der Waals surface area contributed by atoms with Crippen molar-refractivity contribution in [1.29, 1.82) is 0 Å². The maximum Gasteiger partial charge on any atom is 0.460 e. The number of halogens is 13. The highest BCUT2D eigenvalue weighted by atomic mass is 32.2.